The number of nitrogens with zero attached hydrogens (tertiary/aromatic N) is 3. The third-order valence-electron chi connectivity index (χ3n) is 4.36. The summed E-state index contributed by atoms with van der Waals surface area (Å²) in [5.74, 6) is 0.0954. The summed E-state index contributed by atoms with van der Waals surface area (Å²) in [5, 5.41) is 4.28. The van der Waals surface area contributed by atoms with Crippen LogP contribution in [-0.4, -0.2) is 14.6 Å². The Morgan fingerprint density at radius 3 is 2.30 bits per heavy atom. The summed E-state index contributed by atoms with van der Waals surface area (Å²) in [6, 6.07) is 14.1. The van der Waals surface area contributed by atoms with Gasteiger partial charge < -0.3 is 0 Å². The molecule has 136 valence electrons. The zero-order valence-electron chi connectivity index (χ0n) is 15.2. The molecular formula is C21H18FN3OS. The maximum Gasteiger partial charge on any atom is 0.291 e. The summed E-state index contributed by atoms with van der Waals surface area (Å²) in [4.78, 5) is 17.6. The summed E-state index contributed by atoms with van der Waals surface area (Å²) >= 11 is 1.29. The number of rotatable bonds is 2. The third-order valence-corrected chi connectivity index (χ3v) is 5.32. The lowest BCUT2D eigenvalue weighted by atomic mass is 9.87. The second-order valence-corrected chi connectivity index (χ2v) is 8.43. The first-order valence-corrected chi connectivity index (χ1v) is 9.41. The largest absolute Gasteiger partial charge is 0.291 e. The van der Waals surface area contributed by atoms with Crippen molar-refractivity contribution in [3.8, 4) is 11.4 Å². The van der Waals surface area contributed by atoms with Crippen molar-refractivity contribution in [3.05, 3.63) is 80.4 Å². The van der Waals surface area contributed by atoms with Crippen molar-refractivity contribution in [1.29, 1.82) is 0 Å². The molecule has 0 aliphatic carbocycles. The lowest BCUT2D eigenvalue weighted by Gasteiger charge is -2.18. The van der Waals surface area contributed by atoms with Crippen LogP contribution in [0.15, 0.2) is 53.3 Å². The van der Waals surface area contributed by atoms with Crippen LogP contribution in [0.4, 0.5) is 4.39 Å². The highest BCUT2D eigenvalue weighted by Gasteiger charge is 2.14. The van der Waals surface area contributed by atoms with Gasteiger partial charge in [0.2, 0.25) is 4.96 Å². The number of aromatic nitrogens is 3. The Kier molecular flexibility index (Phi) is 4.15. The number of benzene rings is 2. The average molecular weight is 379 g/mol. The van der Waals surface area contributed by atoms with E-state index in [-0.39, 0.29) is 16.8 Å². The molecule has 0 saturated heterocycles. The van der Waals surface area contributed by atoms with E-state index in [0.717, 1.165) is 5.56 Å². The Labute approximate surface area is 159 Å². The maximum atomic E-state index is 13.1. The lowest BCUT2D eigenvalue weighted by Crippen LogP contribution is -2.23. The van der Waals surface area contributed by atoms with Gasteiger partial charge >= 0.3 is 0 Å². The number of halogens is 1. The molecule has 0 spiro atoms. The molecule has 0 atom stereocenters. The molecule has 4 aromatic rings. The van der Waals surface area contributed by atoms with E-state index in [1.54, 1.807) is 12.1 Å². The van der Waals surface area contributed by atoms with Gasteiger partial charge in [0.05, 0.1) is 4.53 Å². The molecule has 4 nitrogen and oxygen atoms in total. The molecule has 0 unspecified atom stereocenters. The van der Waals surface area contributed by atoms with Crippen molar-refractivity contribution < 1.29 is 4.39 Å². The normalized spacial score (nSPS) is 12.8. The van der Waals surface area contributed by atoms with Crippen LogP contribution in [-0.2, 0) is 5.41 Å². The average Bonchev–Trinajstić information content (AvgIpc) is 3.15. The Bertz CT molecular complexity index is 1220. The van der Waals surface area contributed by atoms with Crippen LogP contribution in [0.1, 0.15) is 31.9 Å². The molecular weight excluding hydrogens is 361 g/mol. The second kappa shape index (κ2) is 6.39. The molecule has 27 heavy (non-hydrogen) atoms. The molecule has 0 aliphatic rings. The predicted molar refractivity (Wildman–Crippen MR) is 106 cm³/mol. The van der Waals surface area contributed by atoms with Gasteiger partial charge in [0.25, 0.3) is 5.56 Å². The Hall–Kier alpha value is -2.86. The van der Waals surface area contributed by atoms with Crippen LogP contribution >= 0.6 is 11.3 Å². The van der Waals surface area contributed by atoms with Crippen LogP contribution in [0.2, 0.25) is 0 Å². The first-order valence-electron chi connectivity index (χ1n) is 8.59. The molecule has 0 amide bonds. The van der Waals surface area contributed by atoms with Crippen LogP contribution in [0.3, 0.4) is 0 Å². The SMILES string of the molecule is CC(C)(C)c1ccc(C=c2sc3nc(-c4ccc(F)cc4)nn3c2=O)cc1. The molecule has 0 radical (unpaired) electrons. The van der Waals surface area contributed by atoms with Crippen molar-refractivity contribution in [2.24, 2.45) is 0 Å². The molecule has 2 heterocycles. The minimum atomic E-state index is -0.321. The molecule has 2 aromatic heterocycles. The number of hydrogen-bond donors (Lipinski definition) is 0. The smallest absolute Gasteiger partial charge is 0.266 e. The van der Waals surface area contributed by atoms with Gasteiger partial charge in [-0.05, 0) is 46.9 Å². The van der Waals surface area contributed by atoms with Gasteiger partial charge in [-0.25, -0.2) is 4.39 Å². The number of thiazole rings is 1. The van der Waals surface area contributed by atoms with Crippen LogP contribution < -0.4 is 10.1 Å². The molecule has 0 N–H and O–H groups in total. The van der Waals surface area contributed by atoms with Crippen LogP contribution in [0, 0.1) is 5.82 Å². The molecule has 6 heteroatoms. The zero-order valence-corrected chi connectivity index (χ0v) is 16.0. The van der Waals surface area contributed by atoms with E-state index in [1.807, 2.05) is 18.2 Å². The minimum absolute atomic E-state index is 0.0898. The van der Waals surface area contributed by atoms with Gasteiger partial charge in [-0.3, -0.25) is 4.79 Å². The molecule has 0 bridgehead atoms. The highest BCUT2D eigenvalue weighted by Crippen LogP contribution is 2.22. The van der Waals surface area contributed by atoms with Crippen molar-refractivity contribution in [2.45, 2.75) is 26.2 Å². The van der Waals surface area contributed by atoms with Gasteiger partial charge in [0.1, 0.15) is 5.82 Å². The first kappa shape index (κ1) is 17.5. The highest BCUT2D eigenvalue weighted by molar-refractivity contribution is 7.15. The van der Waals surface area contributed by atoms with Gasteiger partial charge in [0.15, 0.2) is 5.82 Å². The van der Waals surface area contributed by atoms with E-state index in [9.17, 15) is 9.18 Å². The standard InChI is InChI=1S/C21H18FN3OS/c1-21(2,3)15-8-4-13(5-9-15)12-17-19(26)25-20(27-17)23-18(24-25)14-6-10-16(22)11-7-14/h4-12H,1-3H3. The summed E-state index contributed by atoms with van der Waals surface area (Å²) in [6.07, 6.45) is 1.85. The van der Waals surface area contributed by atoms with E-state index in [4.69, 9.17) is 0 Å². The highest BCUT2D eigenvalue weighted by atomic mass is 32.1. The van der Waals surface area contributed by atoms with Gasteiger partial charge in [0, 0.05) is 5.56 Å². The lowest BCUT2D eigenvalue weighted by molar-refractivity contribution is 0.590. The van der Waals surface area contributed by atoms with Crippen molar-refractivity contribution >= 4 is 22.4 Å². The monoisotopic (exact) mass is 379 g/mol. The molecule has 0 aliphatic heterocycles. The van der Waals surface area contributed by atoms with E-state index in [1.165, 1.54) is 33.5 Å². The maximum absolute atomic E-state index is 13.1. The fraction of sp³-hybridized carbons (Fsp3) is 0.190. The second-order valence-electron chi connectivity index (χ2n) is 7.42. The zero-order chi connectivity index (χ0) is 19.2. The molecule has 2 aromatic carbocycles. The topological polar surface area (TPSA) is 47.3 Å². The van der Waals surface area contributed by atoms with Gasteiger partial charge in [-0.1, -0.05) is 56.4 Å². The van der Waals surface area contributed by atoms with Crippen LogP contribution in [0.5, 0.6) is 0 Å². The van der Waals surface area contributed by atoms with Crippen molar-refractivity contribution in [3.63, 3.8) is 0 Å². The molecule has 0 fully saturated rings. The van der Waals surface area contributed by atoms with E-state index >= 15 is 0 Å². The van der Waals surface area contributed by atoms with Crippen molar-refractivity contribution in [2.75, 3.05) is 0 Å². The number of hydrogen-bond acceptors (Lipinski definition) is 4. The van der Waals surface area contributed by atoms with Gasteiger partial charge in [-0.2, -0.15) is 9.50 Å². The summed E-state index contributed by atoms with van der Waals surface area (Å²) < 4.78 is 14.9. The van der Waals surface area contributed by atoms with E-state index in [2.05, 4.69) is 43.0 Å². The van der Waals surface area contributed by atoms with Gasteiger partial charge in [-0.15, -0.1) is 5.10 Å². The summed E-state index contributed by atoms with van der Waals surface area (Å²) in [5.41, 5.74) is 2.77. The fourth-order valence-corrected chi connectivity index (χ4v) is 3.69. The Balaban J connectivity index is 1.72. The fourth-order valence-electron chi connectivity index (χ4n) is 2.79. The summed E-state index contributed by atoms with van der Waals surface area (Å²) in [6.45, 7) is 6.50. The third kappa shape index (κ3) is 3.40. The first-order chi connectivity index (χ1) is 12.8. The van der Waals surface area contributed by atoms with E-state index in [0.29, 0.717) is 20.9 Å². The quantitative estimate of drug-likeness (QED) is 0.532. The van der Waals surface area contributed by atoms with Crippen LogP contribution in [0.25, 0.3) is 22.4 Å². The molecule has 0 saturated carbocycles. The Morgan fingerprint density at radius 2 is 1.70 bits per heavy atom. The summed E-state index contributed by atoms with van der Waals surface area (Å²) in [7, 11) is 0. The van der Waals surface area contributed by atoms with Crippen molar-refractivity contribution in [1.82, 2.24) is 14.6 Å². The minimum Gasteiger partial charge on any atom is -0.266 e. The predicted octanol–water partition coefficient (Wildman–Crippen LogP) is 3.80. The molecule has 4 rings (SSSR count). The van der Waals surface area contributed by atoms with E-state index < -0.39 is 0 Å². The Morgan fingerprint density at radius 1 is 1.04 bits per heavy atom. The number of fused-ring (bicyclic) bond motifs is 1.